The summed E-state index contributed by atoms with van der Waals surface area (Å²) in [5.41, 5.74) is -0.448. The fraction of sp³-hybridized carbons (Fsp3) is 1.00. The van der Waals surface area contributed by atoms with Crippen LogP contribution in [0.25, 0.3) is 0 Å². The van der Waals surface area contributed by atoms with E-state index in [0.717, 1.165) is 25.7 Å². The van der Waals surface area contributed by atoms with Crippen molar-refractivity contribution in [2.75, 3.05) is 13.2 Å². The van der Waals surface area contributed by atoms with Gasteiger partial charge in [0.1, 0.15) is 0 Å². The molecule has 110 valence electrons. The number of hydrogen-bond acceptors (Lipinski definition) is 4. The van der Waals surface area contributed by atoms with Gasteiger partial charge in [-0.15, -0.1) is 0 Å². The minimum Gasteiger partial charge on any atom is -0.236 e. The highest BCUT2D eigenvalue weighted by Crippen LogP contribution is 2.09. The molecule has 0 aliphatic carbocycles. The zero-order chi connectivity index (χ0) is 14.1. The van der Waals surface area contributed by atoms with Gasteiger partial charge in [-0.2, -0.15) is 0 Å². The molecule has 0 unspecified atom stereocenters. The van der Waals surface area contributed by atoms with Crippen LogP contribution < -0.4 is 0 Å². The van der Waals surface area contributed by atoms with E-state index in [4.69, 9.17) is 19.6 Å². The summed E-state index contributed by atoms with van der Waals surface area (Å²) in [6.45, 7) is 13.1. The summed E-state index contributed by atoms with van der Waals surface area (Å²) in [6, 6.07) is 0. The molecule has 0 heterocycles. The summed E-state index contributed by atoms with van der Waals surface area (Å²) in [5, 5.41) is 0. The van der Waals surface area contributed by atoms with Crippen LogP contribution in [0.4, 0.5) is 0 Å². The first-order valence-corrected chi connectivity index (χ1v) is 6.82. The Labute approximate surface area is 112 Å². The van der Waals surface area contributed by atoms with E-state index in [0.29, 0.717) is 13.2 Å². The fourth-order valence-electron chi connectivity index (χ4n) is 1.11. The molecule has 0 aromatic heterocycles. The minimum atomic E-state index is -0.224. The second-order valence-electron chi connectivity index (χ2n) is 6.45. The van der Waals surface area contributed by atoms with Crippen LogP contribution in [0.3, 0.4) is 0 Å². The summed E-state index contributed by atoms with van der Waals surface area (Å²) in [6.07, 6.45) is 4.26. The molecule has 0 bridgehead atoms. The van der Waals surface area contributed by atoms with Crippen molar-refractivity contribution in [3.63, 3.8) is 0 Å². The van der Waals surface area contributed by atoms with E-state index >= 15 is 0 Å². The summed E-state index contributed by atoms with van der Waals surface area (Å²) in [4.78, 5) is 20.6. The molecule has 0 aliphatic heterocycles. The van der Waals surface area contributed by atoms with Crippen molar-refractivity contribution < 1.29 is 19.6 Å². The van der Waals surface area contributed by atoms with E-state index in [2.05, 4.69) is 0 Å². The molecule has 0 fully saturated rings. The molecule has 0 saturated carbocycles. The molecule has 0 N–H and O–H groups in total. The van der Waals surface area contributed by atoms with E-state index < -0.39 is 0 Å². The molecular weight excluding hydrogens is 232 g/mol. The molecule has 0 spiro atoms. The molecule has 0 rings (SSSR count). The zero-order valence-electron chi connectivity index (χ0n) is 12.9. The number of unbranched alkanes of at least 4 members (excludes halogenated alkanes) is 3. The van der Waals surface area contributed by atoms with Crippen LogP contribution in [0.15, 0.2) is 0 Å². The molecule has 0 saturated heterocycles. The van der Waals surface area contributed by atoms with Gasteiger partial charge in [0.2, 0.25) is 0 Å². The van der Waals surface area contributed by atoms with Crippen molar-refractivity contribution >= 4 is 0 Å². The van der Waals surface area contributed by atoms with Gasteiger partial charge in [0.05, 0.1) is 24.4 Å². The highest BCUT2D eigenvalue weighted by Gasteiger charge is 2.11. The van der Waals surface area contributed by atoms with E-state index in [-0.39, 0.29) is 11.2 Å². The SMILES string of the molecule is CC(C)(C)OOCCCCCCOOC(C)(C)C. The Bertz CT molecular complexity index is 169. The lowest BCUT2D eigenvalue weighted by molar-refractivity contribution is -0.350. The largest absolute Gasteiger partial charge is 0.236 e. The maximum absolute atomic E-state index is 5.17. The second kappa shape index (κ2) is 8.86. The smallest absolute Gasteiger partial charge is 0.0952 e. The summed E-state index contributed by atoms with van der Waals surface area (Å²) in [7, 11) is 0. The summed E-state index contributed by atoms with van der Waals surface area (Å²) >= 11 is 0. The normalized spacial score (nSPS) is 13.0. The molecule has 18 heavy (non-hydrogen) atoms. The highest BCUT2D eigenvalue weighted by molar-refractivity contribution is 4.55. The van der Waals surface area contributed by atoms with Crippen molar-refractivity contribution in [3.8, 4) is 0 Å². The predicted molar refractivity (Wildman–Crippen MR) is 72.0 cm³/mol. The first-order chi connectivity index (χ1) is 8.21. The maximum Gasteiger partial charge on any atom is 0.0952 e. The van der Waals surface area contributed by atoms with E-state index in [1.165, 1.54) is 0 Å². The average molecular weight is 262 g/mol. The Kier molecular flexibility index (Phi) is 8.78. The van der Waals surface area contributed by atoms with Crippen LogP contribution in [-0.2, 0) is 19.6 Å². The van der Waals surface area contributed by atoms with Crippen LogP contribution in [0.2, 0.25) is 0 Å². The quantitative estimate of drug-likeness (QED) is 0.357. The third-order valence-corrected chi connectivity index (χ3v) is 1.82. The molecule has 4 nitrogen and oxygen atoms in total. The predicted octanol–water partition coefficient (Wildman–Crippen LogP) is 4.04. The molecule has 0 aliphatic rings. The van der Waals surface area contributed by atoms with Crippen molar-refractivity contribution in [2.45, 2.75) is 78.4 Å². The molecule has 4 heteroatoms. The van der Waals surface area contributed by atoms with Crippen LogP contribution in [0.5, 0.6) is 0 Å². The molecule has 0 aromatic rings. The Morgan fingerprint density at radius 3 is 1.17 bits per heavy atom. The van der Waals surface area contributed by atoms with Gasteiger partial charge < -0.3 is 0 Å². The molecule has 0 radical (unpaired) electrons. The van der Waals surface area contributed by atoms with Crippen LogP contribution in [-0.4, -0.2) is 24.4 Å². The van der Waals surface area contributed by atoms with Gasteiger partial charge in [0.25, 0.3) is 0 Å². The Balaban J connectivity index is 3.13. The summed E-state index contributed by atoms with van der Waals surface area (Å²) < 4.78 is 0. The first kappa shape index (κ1) is 17.8. The molecule has 0 aromatic carbocycles. The lowest BCUT2D eigenvalue weighted by Crippen LogP contribution is -2.19. The van der Waals surface area contributed by atoms with Crippen LogP contribution >= 0.6 is 0 Å². The fourth-order valence-corrected chi connectivity index (χ4v) is 1.11. The Hall–Kier alpha value is -0.160. The van der Waals surface area contributed by atoms with Gasteiger partial charge in [-0.3, -0.25) is 0 Å². The van der Waals surface area contributed by atoms with Gasteiger partial charge in [-0.1, -0.05) is 12.8 Å². The van der Waals surface area contributed by atoms with Crippen LogP contribution in [0, 0.1) is 0 Å². The molecule has 0 atom stereocenters. The highest BCUT2D eigenvalue weighted by atomic mass is 17.2. The lowest BCUT2D eigenvalue weighted by atomic mass is 10.2. The molecule has 0 amide bonds. The van der Waals surface area contributed by atoms with E-state index in [1.54, 1.807) is 0 Å². The monoisotopic (exact) mass is 262 g/mol. The third-order valence-electron chi connectivity index (χ3n) is 1.82. The second-order valence-corrected chi connectivity index (χ2v) is 6.45. The van der Waals surface area contributed by atoms with Gasteiger partial charge in [-0.05, 0) is 54.4 Å². The zero-order valence-corrected chi connectivity index (χ0v) is 12.9. The van der Waals surface area contributed by atoms with Crippen molar-refractivity contribution in [1.29, 1.82) is 0 Å². The van der Waals surface area contributed by atoms with E-state index in [9.17, 15) is 0 Å². The maximum atomic E-state index is 5.17. The van der Waals surface area contributed by atoms with Gasteiger partial charge >= 0.3 is 0 Å². The van der Waals surface area contributed by atoms with Gasteiger partial charge in [0, 0.05) is 0 Å². The lowest BCUT2D eigenvalue weighted by Gasteiger charge is -2.17. The van der Waals surface area contributed by atoms with Gasteiger partial charge in [-0.25, -0.2) is 19.6 Å². The summed E-state index contributed by atoms with van der Waals surface area (Å²) in [5.74, 6) is 0. The standard InChI is InChI=1S/C14H30O4/c1-13(2,3)17-15-11-9-7-8-10-12-16-18-14(4,5)6/h7-12H2,1-6H3. The number of hydrogen-bond donors (Lipinski definition) is 0. The van der Waals surface area contributed by atoms with Crippen LogP contribution in [0.1, 0.15) is 67.2 Å². The third kappa shape index (κ3) is 15.8. The first-order valence-electron chi connectivity index (χ1n) is 6.82. The van der Waals surface area contributed by atoms with Crippen molar-refractivity contribution in [1.82, 2.24) is 0 Å². The van der Waals surface area contributed by atoms with E-state index in [1.807, 2.05) is 41.5 Å². The average Bonchev–Trinajstić information content (AvgIpc) is 2.17. The topological polar surface area (TPSA) is 36.9 Å². The van der Waals surface area contributed by atoms with Gasteiger partial charge in [0.15, 0.2) is 0 Å². The minimum absolute atomic E-state index is 0.224. The van der Waals surface area contributed by atoms with Crippen molar-refractivity contribution in [2.24, 2.45) is 0 Å². The Morgan fingerprint density at radius 2 is 0.889 bits per heavy atom. The van der Waals surface area contributed by atoms with Crippen molar-refractivity contribution in [3.05, 3.63) is 0 Å². The molecular formula is C14H30O4. The number of rotatable bonds is 9. The Morgan fingerprint density at radius 1 is 0.556 bits per heavy atom.